The summed E-state index contributed by atoms with van der Waals surface area (Å²) in [7, 11) is 1.60. The molecule has 1 aromatic heterocycles. The van der Waals surface area contributed by atoms with Gasteiger partial charge in [-0.15, -0.1) is 11.3 Å². The minimum atomic E-state index is -0.225. The minimum absolute atomic E-state index is 0.225. The van der Waals surface area contributed by atoms with E-state index in [9.17, 15) is 4.79 Å². The van der Waals surface area contributed by atoms with Gasteiger partial charge < -0.3 is 19.7 Å². The Hall–Kier alpha value is -2.61. The molecule has 0 atom stereocenters. The van der Waals surface area contributed by atoms with Crippen molar-refractivity contribution in [2.75, 3.05) is 38.7 Å². The van der Waals surface area contributed by atoms with Gasteiger partial charge >= 0.3 is 0 Å². The van der Waals surface area contributed by atoms with E-state index in [1.165, 1.54) is 11.3 Å². The summed E-state index contributed by atoms with van der Waals surface area (Å²) in [4.78, 5) is 19.9. The number of benzene rings is 2. The van der Waals surface area contributed by atoms with Crippen LogP contribution in [0.1, 0.15) is 23.5 Å². The predicted octanol–water partition coefficient (Wildman–Crippen LogP) is 5.45. The Kier molecular flexibility index (Phi) is 8.28. The van der Waals surface area contributed by atoms with Crippen molar-refractivity contribution in [1.82, 2.24) is 9.88 Å². The fourth-order valence-corrected chi connectivity index (χ4v) is 3.93. The molecule has 0 bridgehead atoms. The normalized spacial score (nSPS) is 10.9. The van der Waals surface area contributed by atoms with Gasteiger partial charge in [0.1, 0.15) is 16.5 Å². The van der Waals surface area contributed by atoms with Crippen LogP contribution in [0.2, 0.25) is 5.02 Å². The van der Waals surface area contributed by atoms with Crippen molar-refractivity contribution in [2.45, 2.75) is 13.8 Å². The third-order valence-electron chi connectivity index (χ3n) is 4.80. The van der Waals surface area contributed by atoms with Gasteiger partial charge in [0.2, 0.25) is 0 Å². The third-order valence-corrected chi connectivity index (χ3v) is 6.10. The molecule has 3 rings (SSSR count). The number of anilines is 1. The molecule has 0 saturated heterocycles. The number of hydrogen-bond acceptors (Lipinski definition) is 6. The highest BCUT2D eigenvalue weighted by Crippen LogP contribution is 2.31. The van der Waals surface area contributed by atoms with Gasteiger partial charge in [0.05, 0.1) is 13.3 Å². The van der Waals surface area contributed by atoms with E-state index in [2.05, 4.69) is 29.0 Å². The maximum absolute atomic E-state index is 12.7. The molecule has 6 nitrogen and oxygen atoms in total. The van der Waals surface area contributed by atoms with Gasteiger partial charge in [0.15, 0.2) is 11.5 Å². The summed E-state index contributed by atoms with van der Waals surface area (Å²) in [5, 5.41) is 4.33. The monoisotopic (exact) mass is 459 g/mol. The van der Waals surface area contributed by atoms with Crippen LogP contribution < -0.4 is 14.8 Å². The van der Waals surface area contributed by atoms with Gasteiger partial charge in [-0.2, -0.15) is 0 Å². The van der Waals surface area contributed by atoms with Crippen LogP contribution in [0.25, 0.3) is 10.6 Å². The molecule has 0 fully saturated rings. The van der Waals surface area contributed by atoms with Crippen molar-refractivity contribution >= 4 is 34.5 Å². The van der Waals surface area contributed by atoms with Crippen LogP contribution in [0.3, 0.4) is 0 Å². The molecule has 0 aliphatic carbocycles. The molecule has 0 saturated carbocycles. The number of hydrogen-bond donors (Lipinski definition) is 1. The number of nitrogens with zero attached hydrogens (tertiary/aromatic N) is 2. The first-order valence-corrected chi connectivity index (χ1v) is 11.3. The van der Waals surface area contributed by atoms with Crippen molar-refractivity contribution in [1.29, 1.82) is 0 Å². The van der Waals surface area contributed by atoms with Crippen molar-refractivity contribution in [3.63, 3.8) is 0 Å². The highest BCUT2D eigenvalue weighted by atomic mass is 35.5. The largest absolute Gasteiger partial charge is 0.493 e. The van der Waals surface area contributed by atoms with E-state index in [1.54, 1.807) is 43.6 Å². The lowest BCUT2D eigenvalue weighted by molar-refractivity contribution is 0.103. The lowest BCUT2D eigenvalue weighted by Gasteiger charge is -2.19. The van der Waals surface area contributed by atoms with Crippen molar-refractivity contribution in [3.05, 3.63) is 58.6 Å². The Morgan fingerprint density at radius 2 is 1.87 bits per heavy atom. The summed E-state index contributed by atoms with van der Waals surface area (Å²) in [6.45, 7) is 7.55. The molecule has 8 heteroatoms. The van der Waals surface area contributed by atoms with E-state index < -0.39 is 0 Å². The molecule has 3 aromatic rings. The molecule has 1 amide bonds. The molecule has 0 unspecified atom stereocenters. The molecule has 0 spiro atoms. The van der Waals surface area contributed by atoms with Crippen LogP contribution in [0.4, 0.5) is 5.69 Å². The molecule has 31 heavy (non-hydrogen) atoms. The number of nitrogens with one attached hydrogen (secondary N) is 1. The molecule has 2 aromatic carbocycles. The number of methoxy groups -OCH3 is 1. The molecule has 1 heterocycles. The molecular weight excluding hydrogens is 434 g/mol. The standard InChI is InChI=1S/C23H26ClN3O3S/c1-4-27(5-2)12-13-30-20-14-18(10-11-19(20)29-3)26-22(28)21-15-25-23(31-21)16-6-8-17(24)9-7-16/h6-11,14-15H,4-5,12-13H2,1-3H3,(H,26,28). The van der Waals surface area contributed by atoms with E-state index in [0.717, 1.165) is 30.2 Å². The topological polar surface area (TPSA) is 63.7 Å². The zero-order valence-corrected chi connectivity index (χ0v) is 19.4. The van der Waals surface area contributed by atoms with Gasteiger partial charge in [-0.3, -0.25) is 4.79 Å². The highest BCUT2D eigenvalue weighted by Gasteiger charge is 2.14. The fourth-order valence-electron chi connectivity index (χ4n) is 2.99. The maximum Gasteiger partial charge on any atom is 0.267 e. The van der Waals surface area contributed by atoms with Crippen LogP contribution in [0.15, 0.2) is 48.7 Å². The Balaban J connectivity index is 1.67. The van der Waals surface area contributed by atoms with Crippen LogP contribution >= 0.6 is 22.9 Å². The van der Waals surface area contributed by atoms with Crippen LogP contribution in [-0.4, -0.2) is 49.1 Å². The summed E-state index contributed by atoms with van der Waals surface area (Å²) in [5.74, 6) is 0.996. The summed E-state index contributed by atoms with van der Waals surface area (Å²) in [6, 6.07) is 12.7. The first-order valence-electron chi connectivity index (χ1n) is 10.1. The molecule has 0 aliphatic heterocycles. The van der Waals surface area contributed by atoms with Crippen LogP contribution in [0.5, 0.6) is 11.5 Å². The van der Waals surface area contributed by atoms with Gasteiger partial charge in [-0.25, -0.2) is 4.98 Å². The third kappa shape index (κ3) is 6.19. The number of ether oxygens (including phenoxy) is 2. The second kappa shape index (κ2) is 11.1. The highest BCUT2D eigenvalue weighted by molar-refractivity contribution is 7.17. The molecular formula is C23H26ClN3O3S. The lowest BCUT2D eigenvalue weighted by Crippen LogP contribution is -2.28. The van der Waals surface area contributed by atoms with Gasteiger partial charge in [0, 0.05) is 28.9 Å². The summed E-state index contributed by atoms with van der Waals surface area (Å²) in [6.07, 6.45) is 1.58. The van der Waals surface area contributed by atoms with Gasteiger partial charge in [-0.1, -0.05) is 37.6 Å². The average molecular weight is 460 g/mol. The van der Waals surface area contributed by atoms with E-state index >= 15 is 0 Å². The Morgan fingerprint density at radius 1 is 1.13 bits per heavy atom. The first kappa shape index (κ1) is 23.1. The number of carbonyl (C=O) groups is 1. The number of rotatable bonds is 10. The zero-order valence-electron chi connectivity index (χ0n) is 17.9. The van der Waals surface area contributed by atoms with E-state index in [4.69, 9.17) is 21.1 Å². The van der Waals surface area contributed by atoms with Crippen LogP contribution in [0, 0.1) is 0 Å². The van der Waals surface area contributed by atoms with Crippen molar-refractivity contribution in [2.24, 2.45) is 0 Å². The quantitative estimate of drug-likeness (QED) is 0.437. The SMILES string of the molecule is CCN(CC)CCOc1cc(NC(=O)c2cnc(-c3ccc(Cl)cc3)s2)ccc1OC. The van der Waals surface area contributed by atoms with E-state index in [1.807, 2.05) is 12.1 Å². The maximum atomic E-state index is 12.7. The smallest absolute Gasteiger partial charge is 0.267 e. The minimum Gasteiger partial charge on any atom is -0.493 e. The van der Waals surface area contributed by atoms with Crippen LogP contribution in [-0.2, 0) is 0 Å². The average Bonchev–Trinajstić information content (AvgIpc) is 3.28. The molecule has 0 aliphatic rings. The van der Waals surface area contributed by atoms with Crippen molar-refractivity contribution in [3.8, 4) is 22.1 Å². The number of aromatic nitrogens is 1. The second-order valence-corrected chi connectivity index (χ2v) is 8.20. The predicted molar refractivity (Wildman–Crippen MR) is 127 cm³/mol. The molecule has 1 N–H and O–H groups in total. The zero-order chi connectivity index (χ0) is 22.2. The second-order valence-electron chi connectivity index (χ2n) is 6.73. The number of halogens is 1. The fraction of sp³-hybridized carbons (Fsp3) is 0.304. The Labute approximate surface area is 191 Å². The number of likely N-dealkylation sites (N-methyl/N-ethyl adjacent to an activating group) is 1. The van der Waals surface area contributed by atoms with E-state index in [0.29, 0.717) is 33.7 Å². The van der Waals surface area contributed by atoms with Gasteiger partial charge in [-0.05, 0) is 37.4 Å². The number of amides is 1. The first-order chi connectivity index (χ1) is 15.0. The summed E-state index contributed by atoms with van der Waals surface area (Å²) >= 11 is 7.26. The number of thiazole rings is 1. The molecule has 164 valence electrons. The lowest BCUT2D eigenvalue weighted by atomic mass is 10.2. The van der Waals surface area contributed by atoms with E-state index in [-0.39, 0.29) is 5.91 Å². The Morgan fingerprint density at radius 3 is 2.55 bits per heavy atom. The molecule has 0 radical (unpaired) electrons. The number of carbonyl (C=O) groups excluding carboxylic acids is 1. The van der Waals surface area contributed by atoms with Crippen molar-refractivity contribution < 1.29 is 14.3 Å². The summed E-state index contributed by atoms with van der Waals surface area (Å²) in [5.41, 5.74) is 1.55. The van der Waals surface area contributed by atoms with Gasteiger partial charge in [0.25, 0.3) is 5.91 Å². The Bertz CT molecular complexity index is 1000. The summed E-state index contributed by atoms with van der Waals surface area (Å²) < 4.78 is 11.3.